The van der Waals surface area contributed by atoms with Crippen LogP contribution in [0, 0.1) is 0 Å². The van der Waals surface area contributed by atoms with Crippen molar-refractivity contribution < 1.29 is 89.4 Å². The monoisotopic (exact) mass is 976 g/mol. The molecule has 3 heterocycles. The lowest BCUT2D eigenvalue weighted by atomic mass is 9.96. The fourth-order valence-electron chi connectivity index (χ4n) is 8.24. The van der Waals surface area contributed by atoms with Crippen LogP contribution in [-0.4, -0.2) is 193 Å². The molecule has 17 atom stereocenters. The average molecular weight is 976 g/mol. The summed E-state index contributed by atoms with van der Waals surface area (Å²) in [5.74, 6) is -0.276. The van der Waals surface area contributed by atoms with E-state index in [-0.39, 0.29) is 18.9 Å². The van der Waals surface area contributed by atoms with E-state index >= 15 is 0 Å². The van der Waals surface area contributed by atoms with Crippen molar-refractivity contribution in [2.45, 2.75) is 227 Å². The maximum atomic E-state index is 13.2. The molecular weight excluding hydrogens is 891 g/mol. The van der Waals surface area contributed by atoms with Crippen LogP contribution in [0.2, 0.25) is 0 Å². The Balaban J connectivity index is 1.52. The molecule has 394 valence electrons. The highest BCUT2D eigenvalue weighted by Gasteiger charge is 2.53. The first-order chi connectivity index (χ1) is 32.8. The predicted octanol–water partition coefficient (Wildman–Crippen LogP) is 1.19. The third kappa shape index (κ3) is 20.1. The molecular formula is C49H85NO18. The van der Waals surface area contributed by atoms with Gasteiger partial charge in [-0.3, -0.25) is 4.79 Å². The van der Waals surface area contributed by atoms with Crippen LogP contribution in [0.15, 0.2) is 48.6 Å². The smallest absolute Gasteiger partial charge is 0.220 e. The summed E-state index contributed by atoms with van der Waals surface area (Å²) in [5, 5.41) is 119. The minimum Gasteiger partial charge on any atom is -0.394 e. The number of aliphatic hydroxyl groups excluding tert-OH is 11. The number of unbranched alkanes of at least 4 members (excludes halogenated alkanes) is 9. The molecule has 0 radical (unpaired) electrons. The number of carbonyl (C=O) groups excluding carboxylic acids is 1. The lowest BCUT2D eigenvalue weighted by molar-refractivity contribution is -0.379. The Kier molecular flexibility index (Phi) is 30.2. The summed E-state index contributed by atoms with van der Waals surface area (Å²) in [5.41, 5.74) is 0. The van der Waals surface area contributed by atoms with E-state index < -0.39 is 124 Å². The Morgan fingerprint density at radius 2 is 1.01 bits per heavy atom. The van der Waals surface area contributed by atoms with Crippen LogP contribution in [-0.2, 0) is 33.2 Å². The lowest BCUT2D eigenvalue weighted by Gasteiger charge is -2.48. The van der Waals surface area contributed by atoms with Gasteiger partial charge in [0, 0.05) is 6.42 Å². The summed E-state index contributed by atoms with van der Waals surface area (Å²) in [6.07, 6.45) is 5.56. The number of amides is 1. The van der Waals surface area contributed by atoms with Crippen molar-refractivity contribution in [1.82, 2.24) is 5.32 Å². The molecule has 0 aliphatic carbocycles. The summed E-state index contributed by atoms with van der Waals surface area (Å²) in [6.45, 7) is 1.52. The number of aliphatic hydroxyl groups is 11. The molecule has 0 aromatic carbocycles. The molecule has 19 heteroatoms. The standard InChI is InChI=1S/C49H85NO18/c1-3-5-7-9-11-12-13-14-15-16-17-18-19-20-21-23-25-27-37(55)50-32(33(54)26-24-22-10-8-6-4-2)31-63-47-43(61)40(58)45(35(29-52)65-47)68-49-44(62)41(59)46(36(30-53)66-49)67-48-42(60)39(57)38(56)34(28-51)64-48/h5,7,11-12,14-15,17-18,32-36,38-49,51-54,56-62H,3-4,6,8-10,13,16,19-31H2,1-2H3,(H,50,55)/b7-5-,12-11-,15-14-,18-17-. The van der Waals surface area contributed by atoms with E-state index in [1.165, 1.54) is 0 Å². The summed E-state index contributed by atoms with van der Waals surface area (Å²) in [4.78, 5) is 13.2. The van der Waals surface area contributed by atoms with E-state index in [0.717, 1.165) is 83.5 Å². The van der Waals surface area contributed by atoms with Crippen molar-refractivity contribution >= 4 is 5.91 Å². The van der Waals surface area contributed by atoms with Crippen LogP contribution >= 0.6 is 0 Å². The van der Waals surface area contributed by atoms with Gasteiger partial charge >= 0.3 is 0 Å². The van der Waals surface area contributed by atoms with Gasteiger partial charge in [0.05, 0.1) is 38.6 Å². The van der Waals surface area contributed by atoms with Gasteiger partial charge in [-0.15, -0.1) is 0 Å². The SMILES string of the molecule is CC/C=C\C/C=C\C/C=C\C/C=C\CCCCCCC(=O)NC(COC1OC(CO)C(OC2OC(CO)C(OC3OC(CO)C(O)C(O)C3O)C(O)C2O)C(O)C1O)C(O)CCCCCCCC. The number of ether oxygens (including phenoxy) is 6. The highest BCUT2D eigenvalue weighted by atomic mass is 16.8. The minimum atomic E-state index is -1.97. The molecule has 3 aliphatic rings. The highest BCUT2D eigenvalue weighted by molar-refractivity contribution is 5.76. The molecule has 3 aliphatic heterocycles. The maximum Gasteiger partial charge on any atom is 0.220 e. The van der Waals surface area contributed by atoms with Crippen molar-refractivity contribution in [3.05, 3.63) is 48.6 Å². The van der Waals surface area contributed by atoms with Gasteiger partial charge in [0.15, 0.2) is 18.9 Å². The fraction of sp³-hybridized carbons (Fsp3) is 0.816. The second kappa shape index (κ2) is 34.2. The molecule has 3 rings (SSSR count). The normalized spacial score (nSPS) is 33.6. The van der Waals surface area contributed by atoms with E-state index in [1.54, 1.807) is 0 Å². The van der Waals surface area contributed by atoms with Gasteiger partial charge < -0.3 is 89.9 Å². The summed E-state index contributed by atoms with van der Waals surface area (Å²) < 4.78 is 34.0. The number of allylic oxidation sites excluding steroid dienone is 8. The zero-order valence-electron chi connectivity index (χ0n) is 40.1. The van der Waals surface area contributed by atoms with Crippen LogP contribution in [0.4, 0.5) is 0 Å². The van der Waals surface area contributed by atoms with Gasteiger partial charge in [-0.25, -0.2) is 0 Å². The average Bonchev–Trinajstić information content (AvgIpc) is 3.33. The van der Waals surface area contributed by atoms with E-state index in [1.807, 2.05) is 0 Å². The molecule has 0 aromatic rings. The predicted molar refractivity (Wildman–Crippen MR) is 249 cm³/mol. The largest absolute Gasteiger partial charge is 0.394 e. The highest BCUT2D eigenvalue weighted by Crippen LogP contribution is 2.33. The minimum absolute atomic E-state index is 0.235. The maximum absolute atomic E-state index is 13.2. The van der Waals surface area contributed by atoms with Crippen LogP contribution in [0.1, 0.15) is 123 Å². The molecule has 1 amide bonds. The van der Waals surface area contributed by atoms with Crippen molar-refractivity contribution in [1.29, 1.82) is 0 Å². The van der Waals surface area contributed by atoms with E-state index in [0.29, 0.717) is 19.3 Å². The van der Waals surface area contributed by atoms with E-state index in [2.05, 4.69) is 67.8 Å². The number of hydrogen-bond acceptors (Lipinski definition) is 18. The van der Waals surface area contributed by atoms with Gasteiger partial charge in [0.2, 0.25) is 5.91 Å². The third-order valence-electron chi connectivity index (χ3n) is 12.4. The van der Waals surface area contributed by atoms with Crippen LogP contribution < -0.4 is 5.32 Å². The molecule has 3 fully saturated rings. The quantitative estimate of drug-likeness (QED) is 0.0325. The van der Waals surface area contributed by atoms with Crippen molar-refractivity contribution in [3.63, 3.8) is 0 Å². The van der Waals surface area contributed by atoms with E-state index in [9.17, 15) is 61.0 Å². The number of carbonyl (C=O) groups is 1. The molecule has 12 N–H and O–H groups in total. The Bertz CT molecular complexity index is 1450. The zero-order valence-corrected chi connectivity index (χ0v) is 40.1. The molecule has 17 unspecified atom stereocenters. The Morgan fingerprint density at radius 3 is 1.59 bits per heavy atom. The van der Waals surface area contributed by atoms with Crippen LogP contribution in [0.5, 0.6) is 0 Å². The Labute approximate surface area is 402 Å². The van der Waals surface area contributed by atoms with Gasteiger partial charge in [-0.2, -0.15) is 0 Å². The number of rotatable bonds is 33. The van der Waals surface area contributed by atoms with Gasteiger partial charge in [0.25, 0.3) is 0 Å². The molecule has 19 nitrogen and oxygen atoms in total. The van der Waals surface area contributed by atoms with Gasteiger partial charge in [-0.05, 0) is 51.4 Å². The van der Waals surface area contributed by atoms with Crippen LogP contribution in [0.25, 0.3) is 0 Å². The first-order valence-corrected chi connectivity index (χ1v) is 24.9. The van der Waals surface area contributed by atoms with E-state index in [4.69, 9.17) is 28.4 Å². The summed E-state index contributed by atoms with van der Waals surface area (Å²) in [7, 11) is 0. The summed E-state index contributed by atoms with van der Waals surface area (Å²) in [6, 6.07) is -0.897. The zero-order chi connectivity index (χ0) is 49.8. The molecule has 3 saturated heterocycles. The van der Waals surface area contributed by atoms with Gasteiger partial charge in [0.1, 0.15) is 73.2 Å². The molecule has 68 heavy (non-hydrogen) atoms. The number of hydrogen-bond donors (Lipinski definition) is 12. The van der Waals surface area contributed by atoms with Crippen LogP contribution in [0.3, 0.4) is 0 Å². The topological polar surface area (TPSA) is 307 Å². The fourth-order valence-corrected chi connectivity index (χ4v) is 8.24. The van der Waals surface area contributed by atoms with Crippen molar-refractivity contribution in [2.75, 3.05) is 26.4 Å². The second-order valence-corrected chi connectivity index (χ2v) is 17.9. The first kappa shape index (κ1) is 60.1. The Morgan fingerprint density at radius 1 is 0.544 bits per heavy atom. The molecule has 0 bridgehead atoms. The number of nitrogens with one attached hydrogen (secondary N) is 1. The molecule has 0 saturated carbocycles. The summed E-state index contributed by atoms with van der Waals surface area (Å²) >= 11 is 0. The van der Waals surface area contributed by atoms with Crippen molar-refractivity contribution in [3.8, 4) is 0 Å². The second-order valence-electron chi connectivity index (χ2n) is 17.9. The molecule has 0 spiro atoms. The third-order valence-corrected chi connectivity index (χ3v) is 12.4. The first-order valence-electron chi connectivity index (χ1n) is 24.9. The molecule has 0 aromatic heterocycles. The Hall–Kier alpha value is -2.25. The lowest BCUT2D eigenvalue weighted by Crippen LogP contribution is -2.66. The van der Waals surface area contributed by atoms with Gasteiger partial charge in [-0.1, -0.05) is 114 Å². The van der Waals surface area contributed by atoms with Crippen molar-refractivity contribution in [2.24, 2.45) is 0 Å².